The molecule has 2 bridgehead atoms. The molecule has 0 atom stereocenters. The Kier molecular flexibility index (Phi) is 6.23. The molecule has 0 saturated heterocycles. The second kappa shape index (κ2) is 9.31. The van der Waals surface area contributed by atoms with Gasteiger partial charge in [-0.05, 0) is 86.9 Å². The quantitative estimate of drug-likeness (QED) is 0.525. The molecule has 1 aromatic heterocycles. The van der Waals surface area contributed by atoms with Crippen LogP contribution in [0.5, 0.6) is 0 Å². The molecule has 7 nitrogen and oxygen atoms in total. The van der Waals surface area contributed by atoms with Crippen molar-refractivity contribution in [2.24, 2.45) is 16.6 Å². The molecule has 0 unspecified atom stereocenters. The van der Waals surface area contributed by atoms with Crippen LogP contribution in [0.15, 0.2) is 48.7 Å². The van der Waals surface area contributed by atoms with E-state index < -0.39 is 5.41 Å². The predicted octanol–water partition coefficient (Wildman–Crippen LogP) is 3.83. The van der Waals surface area contributed by atoms with Crippen molar-refractivity contribution in [2.75, 3.05) is 23.7 Å². The topological polar surface area (TPSA) is 109 Å². The highest BCUT2D eigenvalue weighted by molar-refractivity contribution is 5.98. The van der Waals surface area contributed by atoms with Crippen molar-refractivity contribution in [3.05, 3.63) is 59.9 Å². The summed E-state index contributed by atoms with van der Waals surface area (Å²) in [6.45, 7) is 2.29. The van der Waals surface area contributed by atoms with Crippen molar-refractivity contribution in [1.82, 2.24) is 10.3 Å². The van der Waals surface area contributed by atoms with Crippen molar-refractivity contribution in [3.8, 4) is 0 Å². The summed E-state index contributed by atoms with van der Waals surface area (Å²) in [5, 5.41) is 9.54. The SMILES string of the molecule is NCc1ccc(NC(=O)C23CCC(C(=O)Nc4ccc(C5=CCNCC5)cc4)(CC2)CC3)cn1. The monoisotopic (exact) mass is 459 g/mol. The second-order valence-corrected chi connectivity index (χ2v) is 9.97. The van der Waals surface area contributed by atoms with Gasteiger partial charge in [0.25, 0.3) is 0 Å². The molecule has 0 radical (unpaired) electrons. The lowest BCUT2D eigenvalue weighted by Crippen LogP contribution is -2.52. The van der Waals surface area contributed by atoms with Crippen molar-refractivity contribution < 1.29 is 9.59 Å². The first-order valence-corrected chi connectivity index (χ1v) is 12.3. The summed E-state index contributed by atoms with van der Waals surface area (Å²) in [6.07, 6.45) is 9.36. The molecule has 5 N–H and O–H groups in total. The van der Waals surface area contributed by atoms with E-state index in [0.717, 1.165) is 69.4 Å². The van der Waals surface area contributed by atoms with Gasteiger partial charge >= 0.3 is 0 Å². The minimum atomic E-state index is -0.390. The van der Waals surface area contributed by atoms with Crippen LogP contribution in [0.1, 0.15) is 56.2 Å². The second-order valence-electron chi connectivity index (χ2n) is 9.97. The highest BCUT2D eigenvalue weighted by Gasteiger charge is 2.55. The van der Waals surface area contributed by atoms with Crippen LogP contribution in [-0.2, 0) is 16.1 Å². The summed E-state index contributed by atoms with van der Waals surface area (Å²) in [7, 11) is 0. The number of rotatable bonds is 6. The molecule has 3 saturated carbocycles. The van der Waals surface area contributed by atoms with Gasteiger partial charge in [-0.15, -0.1) is 0 Å². The van der Waals surface area contributed by atoms with Gasteiger partial charge in [0.05, 0.1) is 17.6 Å². The Bertz CT molecular complexity index is 1070. The average Bonchev–Trinajstić information content (AvgIpc) is 2.91. The van der Waals surface area contributed by atoms with Crippen LogP contribution in [-0.4, -0.2) is 29.9 Å². The number of hydrogen-bond acceptors (Lipinski definition) is 5. The number of benzene rings is 1. The fourth-order valence-corrected chi connectivity index (χ4v) is 5.67. The summed E-state index contributed by atoms with van der Waals surface area (Å²) < 4.78 is 0. The number of nitrogens with one attached hydrogen (secondary N) is 3. The molecular formula is C27H33N5O2. The number of amides is 2. The van der Waals surface area contributed by atoms with Crippen LogP contribution in [0.3, 0.4) is 0 Å². The Balaban J connectivity index is 1.19. The zero-order chi connectivity index (χ0) is 23.6. The van der Waals surface area contributed by atoms with Gasteiger partial charge in [-0.1, -0.05) is 18.2 Å². The molecule has 4 aliphatic rings. The van der Waals surface area contributed by atoms with E-state index in [1.54, 1.807) is 6.20 Å². The zero-order valence-electron chi connectivity index (χ0n) is 19.5. The normalized spacial score (nSPS) is 26.0. The lowest BCUT2D eigenvalue weighted by Gasteiger charge is -2.51. The van der Waals surface area contributed by atoms with E-state index in [4.69, 9.17) is 5.73 Å². The molecule has 1 aromatic carbocycles. The number of carbonyl (C=O) groups excluding carboxylic acids is 2. The first-order chi connectivity index (χ1) is 16.5. The largest absolute Gasteiger partial charge is 0.326 e. The fourth-order valence-electron chi connectivity index (χ4n) is 5.67. The van der Waals surface area contributed by atoms with Crippen LogP contribution in [0, 0.1) is 10.8 Å². The van der Waals surface area contributed by atoms with Gasteiger partial charge in [0.2, 0.25) is 11.8 Å². The minimum Gasteiger partial charge on any atom is -0.326 e. The smallest absolute Gasteiger partial charge is 0.230 e. The zero-order valence-corrected chi connectivity index (χ0v) is 19.5. The van der Waals surface area contributed by atoms with Gasteiger partial charge in [0.15, 0.2) is 0 Å². The summed E-state index contributed by atoms with van der Waals surface area (Å²) >= 11 is 0. The Morgan fingerprint density at radius 3 is 1.97 bits per heavy atom. The maximum atomic E-state index is 13.3. The Morgan fingerprint density at radius 1 is 0.882 bits per heavy atom. The Hall–Kier alpha value is -3.03. The third-order valence-corrected chi connectivity index (χ3v) is 8.08. The van der Waals surface area contributed by atoms with E-state index >= 15 is 0 Å². The van der Waals surface area contributed by atoms with Gasteiger partial charge in [-0.3, -0.25) is 14.6 Å². The third kappa shape index (κ3) is 4.38. The lowest BCUT2D eigenvalue weighted by molar-refractivity contribution is -0.144. The molecule has 2 aromatic rings. The fraction of sp³-hybridized carbons (Fsp3) is 0.444. The highest BCUT2D eigenvalue weighted by Crippen LogP contribution is 2.57. The van der Waals surface area contributed by atoms with E-state index in [0.29, 0.717) is 12.2 Å². The predicted molar refractivity (Wildman–Crippen MR) is 134 cm³/mol. The van der Waals surface area contributed by atoms with Gasteiger partial charge < -0.3 is 21.7 Å². The summed E-state index contributed by atoms with van der Waals surface area (Å²) in [6, 6.07) is 11.9. The molecule has 1 aliphatic heterocycles. The van der Waals surface area contributed by atoms with Gasteiger partial charge in [-0.25, -0.2) is 0 Å². The van der Waals surface area contributed by atoms with Crippen molar-refractivity contribution in [2.45, 2.75) is 51.5 Å². The van der Waals surface area contributed by atoms with E-state index in [1.165, 1.54) is 11.1 Å². The molecule has 2 amide bonds. The van der Waals surface area contributed by atoms with Crippen LogP contribution in [0.25, 0.3) is 5.57 Å². The van der Waals surface area contributed by atoms with Crippen LogP contribution < -0.4 is 21.7 Å². The van der Waals surface area contributed by atoms with Crippen LogP contribution in [0.2, 0.25) is 0 Å². The number of anilines is 2. The maximum absolute atomic E-state index is 13.3. The maximum Gasteiger partial charge on any atom is 0.230 e. The number of hydrogen-bond donors (Lipinski definition) is 4. The third-order valence-electron chi connectivity index (χ3n) is 8.08. The lowest BCUT2D eigenvalue weighted by atomic mass is 9.53. The molecule has 7 heteroatoms. The Morgan fingerprint density at radius 2 is 1.47 bits per heavy atom. The first kappa shape index (κ1) is 22.7. The summed E-state index contributed by atoms with van der Waals surface area (Å²) in [5.74, 6) is 0.142. The molecule has 3 aliphatic carbocycles. The van der Waals surface area contributed by atoms with Gasteiger partial charge in [-0.2, -0.15) is 0 Å². The Labute approximate surface area is 200 Å². The molecule has 178 valence electrons. The molecular weight excluding hydrogens is 426 g/mol. The van der Waals surface area contributed by atoms with E-state index in [1.807, 2.05) is 24.3 Å². The minimum absolute atomic E-state index is 0.0475. The number of nitrogens with zero attached hydrogens (tertiary/aromatic N) is 1. The first-order valence-electron chi connectivity index (χ1n) is 12.3. The number of pyridine rings is 1. The molecule has 2 heterocycles. The van der Waals surface area contributed by atoms with Crippen molar-refractivity contribution in [3.63, 3.8) is 0 Å². The van der Waals surface area contributed by atoms with Crippen molar-refractivity contribution in [1.29, 1.82) is 0 Å². The van der Waals surface area contributed by atoms with Gasteiger partial charge in [0, 0.05) is 29.6 Å². The van der Waals surface area contributed by atoms with Crippen molar-refractivity contribution >= 4 is 28.8 Å². The van der Waals surface area contributed by atoms with Gasteiger partial charge in [0.1, 0.15) is 0 Å². The number of nitrogens with two attached hydrogens (primary N) is 1. The van der Waals surface area contributed by atoms with E-state index in [-0.39, 0.29) is 17.2 Å². The van der Waals surface area contributed by atoms with Crippen LogP contribution >= 0.6 is 0 Å². The average molecular weight is 460 g/mol. The molecule has 0 spiro atoms. The number of carbonyl (C=O) groups is 2. The standard InChI is InChI=1S/C27H33N5O2/c28-17-22-5-6-23(18-30-22)32-25(34)27-12-9-26(10-13-27,11-14-27)24(33)31-21-3-1-19(2-4-21)20-7-15-29-16-8-20/h1-7,18,29H,8-17,28H2,(H,31,33)(H,32,34). The summed E-state index contributed by atoms with van der Waals surface area (Å²) in [5.41, 5.74) is 9.74. The molecule has 34 heavy (non-hydrogen) atoms. The van der Waals surface area contributed by atoms with Crippen LogP contribution in [0.4, 0.5) is 11.4 Å². The number of aromatic nitrogens is 1. The molecule has 6 rings (SSSR count). The number of fused-ring (bicyclic) bond motifs is 3. The summed E-state index contributed by atoms with van der Waals surface area (Å²) in [4.78, 5) is 30.7. The highest BCUT2D eigenvalue weighted by atomic mass is 16.2. The molecule has 3 fully saturated rings. The van der Waals surface area contributed by atoms with E-state index in [2.05, 4.69) is 39.1 Å². The van der Waals surface area contributed by atoms with E-state index in [9.17, 15) is 9.59 Å².